The second-order valence-corrected chi connectivity index (χ2v) is 5.69. The zero-order valence-corrected chi connectivity index (χ0v) is 12.1. The summed E-state index contributed by atoms with van der Waals surface area (Å²) in [4.78, 5) is 2.54. The van der Waals surface area contributed by atoms with Gasteiger partial charge < -0.3 is 16.0 Å². The monoisotopic (exact) mass is 281 g/mol. The molecule has 1 aromatic rings. The lowest BCUT2D eigenvalue weighted by Crippen LogP contribution is -2.42. The molecule has 0 bridgehead atoms. The Labute approximate surface area is 119 Å². The van der Waals surface area contributed by atoms with E-state index in [4.69, 9.17) is 18.0 Å². The number of nitrogens with one attached hydrogen (secondary N) is 1. The number of hydrogen-bond acceptors (Lipinski definition) is 3. The molecule has 1 aliphatic heterocycles. The number of rotatable bonds is 3. The Hall–Kier alpha value is -1.20. The summed E-state index contributed by atoms with van der Waals surface area (Å²) in [6.07, 6.45) is 2.05. The van der Waals surface area contributed by atoms with E-state index < -0.39 is 0 Å². The molecule has 3 N–H and O–H groups in total. The van der Waals surface area contributed by atoms with Crippen LogP contribution in [0.3, 0.4) is 0 Å². The number of nitrogens with two attached hydrogens (primary N) is 1. The van der Waals surface area contributed by atoms with Gasteiger partial charge in [-0.15, -0.1) is 0 Å². The largest absolute Gasteiger partial charge is 0.389 e. The van der Waals surface area contributed by atoms with E-state index in [0.29, 0.717) is 23.3 Å². The predicted octanol–water partition coefficient (Wildman–Crippen LogP) is 2.35. The number of hydrogen-bond donors (Lipinski definition) is 2. The fourth-order valence-corrected chi connectivity index (χ4v) is 2.55. The average Bonchev–Trinajstić information content (AvgIpc) is 2.36. The molecule has 1 aliphatic rings. The van der Waals surface area contributed by atoms with E-state index >= 15 is 0 Å². The van der Waals surface area contributed by atoms with Gasteiger partial charge in [0.2, 0.25) is 0 Å². The van der Waals surface area contributed by atoms with Crippen molar-refractivity contribution in [3.8, 4) is 0 Å². The van der Waals surface area contributed by atoms with Crippen molar-refractivity contribution in [2.24, 2.45) is 5.73 Å². The van der Waals surface area contributed by atoms with Crippen LogP contribution < -0.4 is 11.1 Å². The van der Waals surface area contributed by atoms with Crippen LogP contribution in [0.1, 0.15) is 25.3 Å². The molecule has 0 spiro atoms. The van der Waals surface area contributed by atoms with Gasteiger partial charge in [-0.05, 0) is 45.0 Å². The Bertz CT molecular complexity index is 478. The Morgan fingerprint density at radius 2 is 2.26 bits per heavy atom. The maximum atomic E-state index is 14.0. The number of benzene rings is 1. The first kappa shape index (κ1) is 14.2. The van der Waals surface area contributed by atoms with Gasteiger partial charge in [-0.25, -0.2) is 4.39 Å². The van der Waals surface area contributed by atoms with Gasteiger partial charge >= 0.3 is 0 Å². The number of nitrogens with zero attached hydrogens (tertiary/aromatic N) is 1. The molecule has 0 radical (unpaired) electrons. The van der Waals surface area contributed by atoms with Crippen molar-refractivity contribution in [3.05, 3.63) is 29.6 Å². The van der Waals surface area contributed by atoms with Crippen molar-refractivity contribution >= 4 is 22.9 Å². The molecule has 1 fully saturated rings. The van der Waals surface area contributed by atoms with Crippen LogP contribution in [0.5, 0.6) is 0 Å². The molecular weight excluding hydrogens is 261 g/mol. The van der Waals surface area contributed by atoms with Crippen LogP contribution in [-0.2, 0) is 0 Å². The minimum absolute atomic E-state index is 0.221. The highest BCUT2D eigenvalue weighted by Gasteiger charge is 2.23. The third-order valence-corrected chi connectivity index (χ3v) is 4.06. The maximum Gasteiger partial charge on any atom is 0.146 e. The minimum atomic E-state index is -0.295. The Kier molecular flexibility index (Phi) is 4.37. The van der Waals surface area contributed by atoms with E-state index in [-0.39, 0.29) is 10.8 Å². The number of piperidine rings is 1. The zero-order valence-electron chi connectivity index (χ0n) is 11.3. The van der Waals surface area contributed by atoms with Crippen molar-refractivity contribution in [2.45, 2.75) is 31.8 Å². The van der Waals surface area contributed by atoms with E-state index in [1.54, 1.807) is 12.1 Å². The fraction of sp³-hybridized carbons (Fsp3) is 0.500. The SMILES string of the molecule is CC1CC(Nc2ccc(C(N)=S)cc2F)CCN1C. The van der Waals surface area contributed by atoms with Crippen molar-refractivity contribution in [1.82, 2.24) is 4.90 Å². The molecule has 2 rings (SSSR count). The van der Waals surface area contributed by atoms with Gasteiger partial charge in [0, 0.05) is 24.2 Å². The third-order valence-electron chi connectivity index (χ3n) is 3.82. The van der Waals surface area contributed by atoms with Crippen LogP contribution in [0.15, 0.2) is 18.2 Å². The summed E-state index contributed by atoms with van der Waals surface area (Å²) in [6, 6.07) is 5.70. The summed E-state index contributed by atoms with van der Waals surface area (Å²) in [5.41, 5.74) is 6.58. The molecular formula is C14H20FN3S. The van der Waals surface area contributed by atoms with E-state index in [9.17, 15) is 4.39 Å². The van der Waals surface area contributed by atoms with E-state index in [1.165, 1.54) is 6.07 Å². The minimum Gasteiger partial charge on any atom is -0.389 e. The molecule has 19 heavy (non-hydrogen) atoms. The summed E-state index contributed by atoms with van der Waals surface area (Å²) < 4.78 is 14.0. The van der Waals surface area contributed by atoms with Gasteiger partial charge in [0.05, 0.1) is 5.69 Å². The highest BCUT2D eigenvalue weighted by Crippen LogP contribution is 2.22. The number of anilines is 1. The highest BCUT2D eigenvalue weighted by molar-refractivity contribution is 7.80. The summed E-state index contributed by atoms with van der Waals surface area (Å²) >= 11 is 4.84. The zero-order chi connectivity index (χ0) is 14.0. The van der Waals surface area contributed by atoms with Gasteiger partial charge in [-0.1, -0.05) is 12.2 Å². The van der Waals surface area contributed by atoms with Crippen molar-refractivity contribution < 1.29 is 4.39 Å². The Balaban J connectivity index is 2.05. The molecule has 0 amide bonds. The highest BCUT2D eigenvalue weighted by atomic mass is 32.1. The van der Waals surface area contributed by atoms with Gasteiger partial charge in [0.25, 0.3) is 0 Å². The molecule has 2 atom stereocenters. The fourth-order valence-electron chi connectivity index (χ4n) is 2.43. The Morgan fingerprint density at radius 1 is 1.53 bits per heavy atom. The van der Waals surface area contributed by atoms with Gasteiger partial charge in [-0.2, -0.15) is 0 Å². The van der Waals surface area contributed by atoms with Crippen LogP contribution in [0.4, 0.5) is 10.1 Å². The second-order valence-electron chi connectivity index (χ2n) is 5.25. The van der Waals surface area contributed by atoms with Crippen LogP contribution in [0, 0.1) is 5.82 Å². The van der Waals surface area contributed by atoms with E-state index in [2.05, 4.69) is 24.2 Å². The Morgan fingerprint density at radius 3 is 2.84 bits per heavy atom. The molecule has 104 valence electrons. The second kappa shape index (κ2) is 5.84. The molecule has 0 saturated carbocycles. The predicted molar refractivity (Wildman–Crippen MR) is 81.0 cm³/mol. The molecule has 1 heterocycles. The average molecular weight is 281 g/mol. The molecule has 0 aliphatic carbocycles. The molecule has 2 unspecified atom stereocenters. The van der Waals surface area contributed by atoms with Crippen molar-refractivity contribution in [1.29, 1.82) is 0 Å². The third kappa shape index (κ3) is 3.42. The summed E-state index contributed by atoms with van der Waals surface area (Å²) in [5, 5.41) is 3.28. The number of halogens is 1. The van der Waals surface area contributed by atoms with Crippen molar-refractivity contribution in [3.63, 3.8) is 0 Å². The van der Waals surface area contributed by atoms with Gasteiger partial charge in [0.15, 0.2) is 0 Å². The van der Waals surface area contributed by atoms with Gasteiger partial charge in [0.1, 0.15) is 10.8 Å². The lowest BCUT2D eigenvalue weighted by molar-refractivity contribution is 0.190. The first-order valence-corrected chi connectivity index (χ1v) is 6.94. The topological polar surface area (TPSA) is 41.3 Å². The van der Waals surface area contributed by atoms with Crippen LogP contribution in [0.25, 0.3) is 0 Å². The maximum absolute atomic E-state index is 14.0. The summed E-state index contributed by atoms with van der Waals surface area (Å²) in [5.74, 6) is -0.295. The molecule has 5 heteroatoms. The normalized spacial score (nSPS) is 24.2. The van der Waals surface area contributed by atoms with E-state index in [0.717, 1.165) is 19.4 Å². The van der Waals surface area contributed by atoms with Gasteiger partial charge in [-0.3, -0.25) is 0 Å². The molecule has 1 saturated heterocycles. The lowest BCUT2D eigenvalue weighted by atomic mass is 9.98. The molecule has 0 aromatic heterocycles. The number of likely N-dealkylation sites (tertiary alicyclic amines) is 1. The summed E-state index contributed by atoms with van der Waals surface area (Å²) in [6.45, 7) is 3.23. The van der Waals surface area contributed by atoms with Crippen LogP contribution in [0.2, 0.25) is 0 Å². The standard InChI is InChI=1S/C14H20FN3S/c1-9-7-11(5-6-18(9)2)17-13-4-3-10(14(16)19)8-12(13)15/h3-4,8-9,11,17H,5-7H2,1-2H3,(H2,16,19). The van der Waals surface area contributed by atoms with Crippen molar-refractivity contribution in [2.75, 3.05) is 18.9 Å². The quantitative estimate of drug-likeness (QED) is 0.835. The smallest absolute Gasteiger partial charge is 0.146 e. The lowest BCUT2D eigenvalue weighted by Gasteiger charge is -2.35. The van der Waals surface area contributed by atoms with E-state index in [1.807, 2.05) is 0 Å². The first-order valence-electron chi connectivity index (χ1n) is 6.53. The number of thiocarbonyl (C=S) groups is 1. The van der Waals surface area contributed by atoms with Crippen LogP contribution >= 0.6 is 12.2 Å². The summed E-state index contributed by atoms with van der Waals surface area (Å²) in [7, 11) is 2.12. The van der Waals surface area contributed by atoms with Crippen LogP contribution in [-0.4, -0.2) is 35.6 Å². The molecule has 3 nitrogen and oxygen atoms in total. The molecule has 1 aromatic carbocycles. The first-order chi connectivity index (χ1) is 8.97.